The Bertz CT molecular complexity index is 457. The number of nitrogens with zero attached hydrogens (tertiary/aromatic N) is 2. The SMILES string of the molecule is CC(C)n1ncc(Br)c1C(O)CC1CC2CCC1C2. The summed E-state index contributed by atoms with van der Waals surface area (Å²) >= 11 is 3.53. The first-order chi connectivity index (χ1) is 9.06. The molecule has 2 saturated carbocycles. The van der Waals surface area contributed by atoms with E-state index in [1.165, 1.54) is 25.7 Å². The summed E-state index contributed by atoms with van der Waals surface area (Å²) in [6, 6.07) is 0.288. The minimum Gasteiger partial charge on any atom is -0.387 e. The Morgan fingerprint density at radius 3 is 2.79 bits per heavy atom. The van der Waals surface area contributed by atoms with Gasteiger partial charge < -0.3 is 5.11 Å². The van der Waals surface area contributed by atoms with E-state index in [1.807, 2.05) is 4.68 Å². The molecule has 0 aliphatic heterocycles. The average molecular weight is 327 g/mol. The molecule has 2 fully saturated rings. The molecule has 3 rings (SSSR count). The first-order valence-corrected chi connectivity index (χ1v) is 8.26. The van der Waals surface area contributed by atoms with E-state index >= 15 is 0 Å². The van der Waals surface area contributed by atoms with Gasteiger partial charge in [0.2, 0.25) is 0 Å². The topological polar surface area (TPSA) is 38.0 Å². The standard InChI is InChI=1S/C15H23BrN2O/c1-9(2)18-15(13(16)8-17-18)14(19)7-12-6-10-3-4-11(12)5-10/h8-12,14,19H,3-7H2,1-2H3. The smallest absolute Gasteiger partial charge is 0.0971 e. The van der Waals surface area contributed by atoms with Gasteiger partial charge in [0, 0.05) is 6.04 Å². The zero-order valence-electron chi connectivity index (χ0n) is 11.7. The fourth-order valence-corrected chi connectivity index (χ4v) is 4.68. The van der Waals surface area contributed by atoms with Crippen molar-refractivity contribution in [3.8, 4) is 0 Å². The van der Waals surface area contributed by atoms with E-state index in [1.54, 1.807) is 6.20 Å². The van der Waals surface area contributed by atoms with E-state index in [0.717, 1.165) is 34.3 Å². The third-order valence-corrected chi connectivity index (χ3v) is 5.61. The molecule has 1 aromatic rings. The van der Waals surface area contributed by atoms with E-state index < -0.39 is 0 Å². The number of aliphatic hydroxyl groups is 1. The van der Waals surface area contributed by atoms with Crippen LogP contribution in [-0.2, 0) is 0 Å². The molecule has 1 N–H and O–H groups in total. The Morgan fingerprint density at radius 2 is 2.21 bits per heavy atom. The summed E-state index contributed by atoms with van der Waals surface area (Å²) in [5.41, 5.74) is 0.956. The Hall–Kier alpha value is -0.350. The van der Waals surface area contributed by atoms with Crippen LogP contribution in [0.2, 0.25) is 0 Å². The van der Waals surface area contributed by atoms with Crippen molar-refractivity contribution in [2.75, 3.05) is 0 Å². The summed E-state index contributed by atoms with van der Waals surface area (Å²) in [5.74, 6) is 2.53. The second-order valence-corrected chi connectivity index (χ2v) is 7.46. The second kappa shape index (κ2) is 5.21. The van der Waals surface area contributed by atoms with Gasteiger partial charge in [0.15, 0.2) is 0 Å². The van der Waals surface area contributed by atoms with E-state index in [0.29, 0.717) is 0 Å². The normalized spacial score (nSPS) is 31.3. The summed E-state index contributed by atoms with van der Waals surface area (Å²) in [6.45, 7) is 4.21. The predicted octanol–water partition coefficient (Wildman–Crippen LogP) is 4.09. The van der Waals surface area contributed by atoms with E-state index in [9.17, 15) is 5.11 Å². The average Bonchev–Trinajstić information content (AvgIpc) is 3.02. The molecule has 3 nitrogen and oxygen atoms in total. The van der Waals surface area contributed by atoms with Gasteiger partial charge in [0.1, 0.15) is 0 Å². The van der Waals surface area contributed by atoms with Crippen molar-refractivity contribution in [2.45, 2.75) is 58.1 Å². The van der Waals surface area contributed by atoms with Crippen LogP contribution in [0, 0.1) is 17.8 Å². The minimum atomic E-state index is -0.386. The Kier molecular flexibility index (Phi) is 3.73. The lowest BCUT2D eigenvalue weighted by atomic mass is 9.84. The van der Waals surface area contributed by atoms with Crippen LogP contribution in [-0.4, -0.2) is 14.9 Å². The van der Waals surface area contributed by atoms with Gasteiger partial charge in [0.05, 0.1) is 22.5 Å². The van der Waals surface area contributed by atoms with Crippen molar-refractivity contribution >= 4 is 15.9 Å². The number of halogens is 1. The highest BCUT2D eigenvalue weighted by atomic mass is 79.9. The third-order valence-electron chi connectivity index (χ3n) is 5.00. The van der Waals surface area contributed by atoms with Gasteiger partial charge in [-0.1, -0.05) is 6.42 Å². The van der Waals surface area contributed by atoms with Crippen LogP contribution in [0.5, 0.6) is 0 Å². The first kappa shape index (κ1) is 13.6. The number of hydrogen-bond donors (Lipinski definition) is 1. The second-order valence-electron chi connectivity index (χ2n) is 6.60. The first-order valence-electron chi connectivity index (χ1n) is 7.47. The van der Waals surface area contributed by atoms with Gasteiger partial charge in [-0.05, 0) is 73.2 Å². The summed E-state index contributed by atoms with van der Waals surface area (Å²) in [7, 11) is 0. The molecule has 2 aliphatic carbocycles. The van der Waals surface area contributed by atoms with Crippen LogP contribution in [0.4, 0.5) is 0 Å². The fraction of sp³-hybridized carbons (Fsp3) is 0.800. The summed E-state index contributed by atoms with van der Waals surface area (Å²) in [6.07, 6.45) is 7.86. The molecule has 4 heteroatoms. The van der Waals surface area contributed by atoms with Crippen LogP contribution in [0.25, 0.3) is 0 Å². The molecule has 106 valence electrons. The molecule has 0 radical (unpaired) electrons. The lowest BCUT2D eigenvalue weighted by Crippen LogP contribution is -2.18. The summed E-state index contributed by atoms with van der Waals surface area (Å²) in [5, 5.41) is 15.0. The van der Waals surface area contributed by atoms with Crippen LogP contribution in [0.3, 0.4) is 0 Å². The number of rotatable bonds is 4. The van der Waals surface area contributed by atoms with E-state index in [2.05, 4.69) is 34.9 Å². The fourth-order valence-electron chi connectivity index (χ4n) is 4.14. The van der Waals surface area contributed by atoms with Gasteiger partial charge in [-0.3, -0.25) is 4.68 Å². The van der Waals surface area contributed by atoms with E-state index in [4.69, 9.17) is 0 Å². The van der Waals surface area contributed by atoms with Crippen molar-refractivity contribution in [3.05, 3.63) is 16.4 Å². The molecule has 0 saturated heterocycles. The maximum Gasteiger partial charge on any atom is 0.0971 e. The molecule has 0 amide bonds. The van der Waals surface area contributed by atoms with Crippen molar-refractivity contribution in [3.63, 3.8) is 0 Å². The maximum absolute atomic E-state index is 10.6. The summed E-state index contributed by atoms with van der Waals surface area (Å²) < 4.78 is 2.89. The predicted molar refractivity (Wildman–Crippen MR) is 78.8 cm³/mol. The third kappa shape index (κ3) is 2.49. The van der Waals surface area contributed by atoms with Crippen molar-refractivity contribution in [1.29, 1.82) is 0 Å². The molecule has 2 aliphatic rings. The highest BCUT2D eigenvalue weighted by Gasteiger charge is 2.40. The molecular formula is C15H23BrN2O. The number of aromatic nitrogens is 2. The van der Waals surface area contributed by atoms with Gasteiger partial charge in [0.25, 0.3) is 0 Å². The Labute approximate surface area is 123 Å². The van der Waals surface area contributed by atoms with Crippen molar-refractivity contribution in [1.82, 2.24) is 9.78 Å². The largest absolute Gasteiger partial charge is 0.387 e. The van der Waals surface area contributed by atoms with Crippen molar-refractivity contribution < 1.29 is 5.11 Å². The van der Waals surface area contributed by atoms with Gasteiger partial charge in [-0.2, -0.15) is 5.10 Å². The van der Waals surface area contributed by atoms with Crippen molar-refractivity contribution in [2.24, 2.45) is 17.8 Å². The number of aliphatic hydroxyl groups excluding tert-OH is 1. The lowest BCUT2D eigenvalue weighted by molar-refractivity contribution is 0.115. The number of hydrogen-bond acceptors (Lipinski definition) is 2. The van der Waals surface area contributed by atoms with Crippen LogP contribution < -0.4 is 0 Å². The van der Waals surface area contributed by atoms with E-state index in [-0.39, 0.29) is 12.1 Å². The van der Waals surface area contributed by atoms with Gasteiger partial charge >= 0.3 is 0 Å². The molecule has 0 aromatic carbocycles. The van der Waals surface area contributed by atoms with Crippen LogP contribution >= 0.6 is 15.9 Å². The monoisotopic (exact) mass is 326 g/mol. The minimum absolute atomic E-state index is 0.288. The molecule has 1 aromatic heterocycles. The number of fused-ring (bicyclic) bond motifs is 2. The highest BCUT2D eigenvalue weighted by Crippen LogP contribution is 2.51. The van der Waals surface area contributed by atoms with Gasteiger partial charge in [-0.25, -0.2) is 0 Å². The lowest BCUT2D eigenvalue weighted by Gasteiger charge is -2.25. The zero-order valence-corrected chi connectivity index (χ0v) is 13.3. The maximum atomic E-state index is 10.6. The zero-order chi connectivity index (χ0) is 13.6. The van der Waals surface area contributed by atoms with Gasteiger partial charge in [-0.15, -0.1) is 0 Å². The Balaban J connectivity index is 1.73. The summed E-state index contributed by atoms with van der Waals surface area (Å²) in [4.78, 5) is 0. The quantitative estimate of drug-likeness (QED) is 0.905. The molecular weight excluding hydrogens is 304 g/mol. The Morgan fingerprint density at radius 1 is 1.42 bits per heavy atom. The molecule has 1 heterocycles. The van der Waals surface area contributed by atoms with Crippen LogP contribution in [0.15, 0.2) is 10.7 Å². The van der Waals surface area contributed by atoms with Crippen LogP contribution in [0.1, 0.15) is 63.8 Å². The molecule has 4 unspecified atom stereocenters. The molecule has 0 spiro atoms. The molecule has 2 bridgehead atoms. The highest BCUT2D eigenvalue weighted by molar-refractivity contribution is 9.10. The molecule has 4 atom stereocenters. The molecule has 19 heavy (non-hydrogen) atoms.